The number of alkyl halides is 2. The maximum Gasteiger partial charge on any atom is 0.333 e. The molecule has 0 bridgehead atoms. The first-order valence-corrected chi connectivity index (χ1v) is 12.1. The summed E-state index contributed by atoms with van der Waals surface area (Å²) < 4.78 is 44.2. The van der Waals surface area contributed by atoms with Gasteiger partial charge in [0.15, 0.2) is 0 Å². The molecule has 1 aliphatic heterocycles. The van der Waals surface area contributed by atoms with E-state index in [4.69, 9.17) is 31.5 Å². The minimum atomic E-state index is -2.84. The van der Waals surface area contributed by atoms with Crippen molar-refractivity contribution in [1.82, 2.24) is 24.6 Å². The number of para-hydroxylation sites is 1. The standard InChI is InChI=1S/C24H27ClF2N6O4/c1-2-36-22(34)18-14-35-9-7-32(18)8-10-37-19-6-4-3-5-15(19)11-16-13-33(23(26)27)31-21(16)17-12-20(25)30-24(28)29-17/h3-6,12-13,18,23H,2,7-11,14H2,1H3,(H2,28,29,30)/t18-/m1/s1. The number of halogens is 3. The zero-order valence-corrected chi connectivity index (χ0v) is 20.9. The molecule has 1 atom stereocenters. The van der Waals surface area contributed by atoms with Crippen LogP contribution < -0.4 is 10.5 Å². The van der Waals surface area contributed by atoms with Crippen LogP contribution in [0.1, 0.15) is 24.6 Å². The number of hydrogen-bond donors (Lipinski definition) is 1. The molecule has 0 radical (unpaired) electrons. The SMILES string of the molecule is CCOC(=O)[C@H]1COCCN1CCOc1ccccc1Cc1cn(C(F)F)nc1-c1cc(Cl)nc(N)n1. The van der Waals surface area contributed by atoms with E-state index in [1.165, 1.54) is 12.3 Å². The molecule has 0 aliphatic carbocycles. The maximum absolute atomic E-state index is 13.5. The monoisotopic (exact) mass is 536 g/mol. The van der Waals surface area contributed by atoms with Gasteiger partial charge >= 0.3 is 12.5 Å². The minimum Gasteiger partial charge on any atom is -0.492 e. The summed E-state index contributed by atoms with van der Waals surface area (Å²) in [6.45, 7) is 1.36. The Balaban J connectivity index is 1.51. The van der Waals surface area contributed by atoms with Crippen LogP contribution in [0.3, 0.4) is 0 Å². The number of aromatic nitrogens is 4. The number of nitrogen functional groups attached to an aromatic ring is 1. The van der Waals surface area contributed by atoms with Crippen LogP contribution in [0.2, 0.25) is 5.15 Å². The lowest BCUT2D eigenvalue weighted by molar-refractivity contribution is -0.156. The number of nitrogens with zero attached hydrogens (tertiary/aromatic N) is 5. The lowest BCUT2D eigenvalue weighted by Crippen LogP contribution is -2.51. The Hall–Kier alpha value is -3.35. The predicted octanol–water partition coefficient (Wildman–Crippen LogP) is 3.20. The Kier molecular flexibility index (Phi) is 8.85. The van der Waals surface area contributed by atoms with E-state index >= 15 is 0 Å². The summed E-state index contributed by atoms with van der Waals surface area (Å²) in [5.41, 5.74) is 7.41. The van der Waals surface area contributed by atoms with Gasteiger partial charge in [0.1, 0.15) is 29.2 Å². The van der Waals surface area contributed by atoms with Crippen molar-refractivity contribution in [3.8, 4) is 17.1 Å². The fourth-order valence-electron chi connectivity index (χ4n) is 4.06. The zero-order chi connectivity index (χ0) is 26.4. The topological polar surface area (TPSA) is 118 Å². The predicted molar refractivity (Wildman–Crippen MR) is 131 cm³/mol. The van der Waals surface area contributed by atoms with E-state index in [9.17, 15) is 13.6 Å². The first-order valence-electron chi connectivity index (χ1n) is 11.7. The molecule has 0 unspecified atom stereocenters. The number of anilines is 1. The third-order valence-corrected chi connectivity index (χ3v) is 5.94. The number of nitrogens with two attached hydrogens (primary N) is 1. The van der Waals surface area contributed by atoms with Crippen LogP contribution in [0, 0.1) is 0 Å². The van der Waals surface area contributed by atoms with Crippen molar-refractivity contribution in [3.63, 3.8) is 0 Å². The number of benzene rings is 1. The molecule has 2 aromatic heterocycles. The number of ether oxygens (including phenoxy) is 3. The van der Waals surface area contributed by atoms with Gasteiger partial charge in [0.2, 0.25) is 5.95 Å². The van der Waals surface area contributed by atoms with Crippen LogP contribution >= 0.6 is 11.6 Å². The molecule has 0 saturated carbocycles. The highest BCUT2D eigenvalue weighted by molar-refractivity contribution is 6.29. The highest BCUT2D eigenvalue weighted by atomic mass is 35.5. The van der Waals surface area contributed by atoms with Crippen molar-refractivity contribution in [2.45, 2.75) is 25.9 Å². The van der Waals surface area contributed by atoms with E-state index in [1.807, 2.05) is 23.1 Å². The third-order valence-electron chi connectivity index (χ3n) is 5.75. The summed E-state index contributed by atoms with van der Waals surface area (Å²) in [4.78, 5) is 22.2. The number of esters is 1. The molecule has 3 aromatic rings. The zero-order valence-electron chi connectivity index (χ0n) is 20.1. The summed E-state index contributed by atoms with van der Waals surface area (Å²) in [5.74, 6) is 0.170. The van der Waals surface area contributed by atoms with Crippen LogP contribution in [0.15, 0.2) is 36.5 Å². The maximum atomic E-state index is 13.5. The molecule has 13 heteroatoms. The van der Waals surface area contributed by atoms with Crippen LogP contribution in [-0.4, -0.2) is 76.2 Å². The molecule has 198 valence electrons. The van der Waals surface area contributed by atoms with Crippen LogP contribution in [-0.2, 0) is 20.7 Å². The van der Waals surface area contributed by atoms with Crippen molar-refractivity contribution in [2.75, 3.05) is 45.3 Å². The molecule has 4 rings (SSSR count). The highest BCUT2D eigenvalue weighted by Crippen LogP contribution is 2.29. The number of hydrogen-bond acceptors (Lipinski definition) is 9. The fourth-order valence-corrected chi connectivity index (χ4v) is 4.25. The second-order valence-corrected chi connectivity index (χ2v) is 8.59. The molecule has 1 aromatic carbocycles. The van der Waals surface area contributed by atoms with Crippen molar-refractivity contribution in [3.05, 3.63) is 52.8 Å². The lowest BCUT2D eigenvalue weighted by Gasteiger charge is -2.33. The second kappa shape index (κ2) is 12.3. The molecular weight excluding hydrogens is 510 g/mol. The Bertz CT molecular complexity index is 1210. The summed E-state index contributed by atoms with van der Waals surface area (Å²) in [6, 6.07) is 8.23. The molecule has 0 spiro atoms. The molecule has 37 heavy (non-hydrogen) atoms. The summed E-state index contributed by atoms with van der Waals surface area (Å²) in [6.07, 6.45) is 1.50. The second-order valence-electron chi connectivity index (χ2n) is 8.21. The molecule has 2 N–H and O–H groups in total. The van der Waals surface area contributed by atoms with Crippen molar-refractivity contribution < 1.29 is 27.8 Å². The molecule has 1 saturated heterocycles. The molecule has 3 heterocycles. The third kappa shape index (κ3) is 6.70. The van der Waals surface area contributed by atoms with Gasteiger partial charge in [-0.2, -0.15) is 13.9 Å². The fraction of sp³-hybridized carbons (Fsp3) is 0.417. The van der Waals surface area contributed by atoms with E-state index in [-0.39, 0.29) is 41.5 Å². The van der Waals surface area contributed by atoms with E-state index < -0.39 is 12.6 Å². The van der Waals surface area contributed by atoms with Gasteiger partial charge in [-0.15, -0.1) is 0 Å². The van der Waals surface area contributed by atoms with Gasteiger partial charge in [0, 0.05) is 37.3 Å². The van der Waals surface area contributed by atoms with E-state index in [2.05, 4.69) is 15.1 Å². The quantitative estimate of drug-likeness (QED) is 0.308. The number of morpholine rings is 1. The Morgan fingerprint density at radius 1 is 1.30 bits per heavy atom. The van der Waals surface area contributed by atoms with Crippen molar-refractivity contribution in [1.29, 1.82) is 0 Å². The van der Waals surface area contributed by atoms with Crippen LogP contribution in [0.5, 0.6) is 5.75 Å². The summed E-state index contributed by atoms with van der Waals surface area (Å²) in [5, 5.41) is 4.09. The summed E-state index contributed by atoms with van der Waals surface area (Å²) >= 11 is 6.00. The van der Waals surface area contributed by atoms with Gasteiger partial charge in [-0.05, 0) is 18.6 Å². The van der Waals surface area contributed by atoms with E-state index in [0.29, 0.717) is 48.9 Å². The molecule has 1 aliphatic rings. The average Bonchev–Trinajstić information content (AvgIpc) is 3.29. The Morgan fingerprint density at radius 3 is 2.86 bits per heavy atom. The Labute approximate surface area is 217 Å². The first-order chi connectivity index (χ1) is 17.9. The van der Waals surface area contributed by atoms with Gasteiger partial charge in [-0.25, -0.2) is 14.6 Å². The number of carbonyl (C=O) groups is 1. The van der Waals surface area contributed by atoms with Crippen molar-refractivity contribution >= 4 is 23.5 Å². The van der Waals surface area contributed by atoms with Crippen LogP contribution in [0.25, 0.3) is 11.4 Å². The molecule has 0 amide bonds. The van der Waals surface area contributed by atoms with Gasteiger partial charge < -0.3 is 19.9 Å². The van der Waals surface area contributed by atoms with E-state index in [0.717, 1.165) is 5.56 Å². The van der Waals surface area contributed by atoms with E-state index in [1.54, 1.807) is 13.0 Å². The van der Waals surface area contributed by atoms with Gasteiger partial charge in [0.25, 0.3) is 0 Å². The molecule has 1 fully saturated rings. The molecule has 10 nitrogen and oxygen atoms in total. The van der Waals surface area contributed by atoms with Gasteiger partial charge in [-0.3, -0.25) is 9.69 Å². The highest BCUT2D eigenvalue weighted by Gasteiger charge is 2.30. The lowest BCUT2D eigenvalue weighted by atomic mass is 10.0. The average molecular weight is 537 g/mol. The summed E-state index contributed by atoms with van der Waals surface area (Å²) in [7, 11) is 0. The Morgan fingerprint density at radius 2 is 2.11 bits per heavy atom. The smallest absolute Gasteiger partial charge is 0.333 e. The minimum absolute atomic E-state index is 0.0769. The number of carbonyl (C=O) groups excluding carboxylic acids is 1. The normalized spacial score (nSPS) is 16.2. The number of rotatable bonds is 10. The molecular formula is C24H27ClF2N6O4. The van der Waals surface area contributed by atoms with Crippen LogP contribution in [0.4, 0.5) is 14.7 Å². The first kappa shape index (κ1) is 26.7. The largest absolute Gasteiger partial charge is 0.492 e. The van der Waals surface area contributed by atoms with Gasteiger partial charge in [-0.1, -0.05) is 29.8 Å². The van der Waals surface area contributed by atoms with Crippen molar-refractivity contribution in [2.24, 2.45) is 0 Å². The van der Waals surface area contributed by atoms with Gasteiger partial charge in [0.05, 0.1) is 25.5 Å².